The van der Waals surface area contributed by atoms with Crippen molar-refractivity contribution in [1.82, 2.24) is 4.72 Å². The van der Waals surface area contributed by atoms with E-state index in [1.54, 1.807) is 31.4 Å². The van der Waals surface area contributed by atoms with E-state index in [-0.39, 0.29) is 10.3 Å². The first kappa shape index (κ1) is 14.3. The van der Waals surface area contributed by atoms with Crippen molar-refractivity contribution in [2.75, 3.05) is 20.3 Å². The first-order valence-corrected chi connectivity index (χ1v) is 7.76. The maximum absolute atomic E-state index is 11.8. The Balaban J connectivity index is 2.11. The SMILES string of the molecule is COCC(Cl)CCN=C1NS(=O)(=O)c2ccccc21. The standard InChI is InChI=1S/C12H15ClN2O3S/c1-18-8-9(13)6-7-14-12-10-4-2-3-5-11(10)19(16,17)15-12/h2-5,9H,6-8H2,1H3,(H,14,15). The van der Waals surface area contributed by atoms with Crippen LogP contribution in [0.2, 0.25) is 0 Å². The number of hydrogen-bond acceptors (Lipinski definition) is 4. The quantitative estimate of drug-likeness (QED) is 0.835. The number of hydrogen-bond donors (Lipinski definition) is 1. The van der Waals surface area contributed by atoms with Gasteiger partial charge in [0, 0.05) is 19.2 Å². The fourth-order valence-electron chi connectivity index (χ4n) is 1.83. The molecule has 1 aromatic rings. The van der Waals surface area contributed by atoms with Crippen molar-refractivity contribution in [2.45, 2.75) is 16.7 Å². The number of aliphatic imine (C=N–C) groups is 1. The van der Waals surface area contributed by atoms with Crippen LogP contribution >= 0.6 is 11.6 Å². The van der Waals surface area contributed by atoms with Gasteiger partial charge in [-0.05, 0) is 18.6 Å². The monoisotopic (exact) mass is 302 g/mol. The number of rotatable bonds is 5. The van der Waals surface area contributed by atoms with Gasteiger partial charge >= 0.3 is 0 Å². The van der Waals surface area contributed by atoms with Crippen LogP contribution in [-0.2, 0) is 14.8 Å². The summed E-state index contributed by atoms with van der Waals surface area (Å²) in [6.07, 6.45) is 0.628. The Morgan fingerprint density at radius 1 is 1.42 bits per heavy atom. The molecular formula is C12H15ClN2O3S. The molecule has 2 rings (SSSR count). The highest BCUT2D eigenvalue weighted by Crippen LogP contribution is 2.22. The second kappa shape index (κ2) is 5.90. The van der Waals surface area contributed by atoms with E-state index < -0.39 is 10.0 Å². The Kier molecular flexibility index (Phi) is 4.44. The number of nitrogens with one attached hydrogen (secondary N) is 1. The summed E-state index contributed by atoms with van der Waals surface area (Å²) >= 11 is 5.99. The molecule has 0 saturated carbocycles. The maximum atomic E-state index is 11.8. The number of halogens is 1. The summed E-state index contributed by atoms with van der Waals surface area (Å²) in [5.41, 5.74) is 0.611. The molecule has 0 spiro atoms. The van der Waals surface area contributed by atoms with Gasteiger partial charge in [-0.1, -0.05) is 12.1 Å². The summed E-state index contributed by atoms with van der Waals surface area (Å²) in [4.78, 5) is 4.54. The van der Waals surface area contributed by atoms with Crippen molar-refractivity contribution in [3.63, 3.8) is 0 Å². The van der Waals surface area contributed by atoms with Gasteiger partial charge in [0.25, 0.3) is 10.0 Å². The normalized spacial score (nSPS) is 20.0. The van der Waals surface area contributed by atoms with Gasteiger partial charge in [0.15, 0.2) is 0 Å². The van der Waals surface area contributed by atoms with E-state index in [0.717, 1.165) is 0 Å². The zero-order valence-corrected chi connectivity index (χ0v) is 12.0. The Morgan fingerprint density at radius 3 is 2.89 bits per heavy atom. The van der Waals surface area contributed by atoms with E-state index in [1.807, 2.05) is 0 Å². The lowest BCUT2D eigenvalue weighted by Crippen LogP contribution is -2.22. The van der Waals surface area contributed by atoms with E-state index in [2.05, 4.69) is 9.71 Å². The minimum absolute atomic E-state index is 0.123. The van der Waals surface area contributed by atoms with Crippen LogP contribution in [-0.4, -0.2) is 39.9 Å². The molecule has 0 radical (unpaired) electrons. The summed E-state index contributed by atoms with van der Waals surface area (Å²) in [5.74, 6) is 0.386. The third kappa shape index (κ3) is 3.26. The largest absolute Gasteiger partial charge is 0.383 e. The van der Waals surface area contributed by atoms with E-state index in [1.165, 1.54) is 0 Å². The molecule has 7 heteroatoms. The molecule has 1 atom stereocenters. The lowest BCUT2D eigenvalue weighted by atomic mass is 10.2. The molecule has 1 N–H and O–H groups in total. The first-order valence-electron chi connectivity index (χ1n) is 5.84. The van der Waals surface area contributed by atoms with E-state index >= 15 is 0 Å². The van der Waals surface area contributed by atoms with Crippen molar-refractivity contribution in [1.29, 1.82) is 0 Å². The number of amidine groups is 1. The molecule has 0 aromatic heterocycles. The molecule has 1 aliphatic heterocycles. The van der Waals surface area contributed by atoms with Gasteiger partial charge in [0.05, 0.1) is 16.9 Å². The van der Waals surface area contributed by atoms with Crippen LogP contribution in [0.25, 0.3) is 0 Å². The molecule has 1 aromatic carbocycles. The van der Waals surface area contributed by atoms with Crippen LogP contribution in [0.3, 0.4) is 0 Å². The van der Waals surface area contributed by atoms with Crippen LogP contribution in [0.1, 0.15) is 12.0 Å². The summed E-state index contributed by atoms with van der Waals surface area (Å²) in [6, 6.07) is 6.77. The van der Waals surface area contributed by atoms with E-state index in [9.17, 15) is 8.42 Å². The fourth-order valence-corrected chi connectivity index (χ4v) is 3.31. The van der Waals surface area contributed by atoms with Crippen molar-refractivity contribution in [3.8, 4) is 0 Å². The second-order valence-electron chi connectivity index (χ2n) is 4.17. The highest BCUT2D eigenvalue weighted by atomic mass is 35.5. The number of ether oxygens (including phenoxy) is 1. The minimum Gasteiger partial charge on any atom is -0.383 e. The molecule has 0 bridgehead atoms. The van der Waals surface area contributed by atoms with Gasteiger partial charge in [-0.25, -0.2) is 8.42 Å². The van der Waals surface area contributed by atoms with Crippen LogP contribution in [0.4, 0.5) is 0 Å². The highest BCUT2D eigenvalue weighted by molar-refractivity contribution is 7.90. The third-order valence-electron chi connectivity index (χ3n) is 2.72. The topological polar surface area (TPSA) is 67.8 Å². The summed E-state index contributed by atoms with van der Waals surface area (Å²) < 4.78 is 31.0. The van der Waals surface area contributed by atoms with Crippen molar-refractivity contribution in [2.24, 2.45) is 4.99 Å². The molecule has 0 fully saturated rings. The molecule has 0 amide bonds. The molecule has 19 heavy (non-hydrogen) atoms. The summed E-state index contributed by atoms with van der Waals surface area (Å²) in [7, 11) is -1.87. The highest BCUT2D eigenvalue weighted by Gasteiger charge is 2.29. The van der Waals surface area contributed by atoms with Crippen LogP contribution < -0.4 is 4.72 Å². The Hall–Kier alpha value is -1.11. The predicted molar refractivity (Wildman–Crippen MR) is 74.3 cm³/mol. The molecule has 104 valence electrons. The van der Waals surface area contributed by atoms with Gasteiger partial charge < -0.3 is 4.74 Å². The molecule has 1 heterocycles. The van der Waals surface area contributed by atoms with Crippen molar-refractivity contribution in [3.05, 3.63) is 29.8 Å². The van der Waals surface area contributed by atoms with Crippen molar-refractivity contribution >= 4 is 27.5 Å². The Bertz CT molecular complexity index is 586. The third-order valence-corrected chi connectivity index (χ3v) is 4.46. The molecular weight excluding hydrogens is 288 g/mol. The molecule has 1 unspecified atom stereocenters. The molecule has 0 saturated heterocycles. The van der Waals surface area contributed by atoms with Crippen LogP contribution in [0, 0.1) is 0 Å². The zero-order valence-electron chi connectivity index (χ0n) is 10.5. The fraction of sp³-hybridized carbons (Fsp3) is 0.417. The van der Waals surface area contributed by atoms with Crippen LogP contribution in [0.15, 0.2) is 34.2 Å². The Morgan fingerprint density at radius 2 is 2.16 bits per heavy atom. The molecule has 0 aliphatic carbocycles. The average Bonchev–Trinajstić information content (AvgIpc) is 2.62. The van der Waals surface area contributed by atoms with E-state index in [4.69, 9.17) is 16.3 Å². The number of benzene rings is 1. The number of fused-ring (bicyclic) bond motifs is 1. The van der Waals surface area contributed by atoms with Gasteiger partial charge in [-0.15, -0.1) is 11.6 Å². The van der Waals surface area contributed by atoms with E-state index in [0.29, 0.717) is 31.0 Å². The lowest BCUT2D eigenvalue weighted by Gasteiger charge is -2.05. The maximum Gasteiger partial charge on any atom is 0.263 e. The van der Waals surface area contributed by atoms with Gasteiger partial charge in [0.1, 0.15) is 5.84 Å². The number of alkyl halides is 1. The predicted octanol–water partition coefficient (Wildman–Crippen LogP) is 1.37. The number of nitrogens with zero attached hydrogens (tertiary/aromatic N) is 1. The first-order chi connectivity index (χ1) is 9.04. The van der Waals surface area contributed by atoms with Gasteiger partial charge in [-0.3, -0.25) is 9.71 Å². The van der Waals surface area contributed by atoms with Gasteiger partial charge in [-0.2, -0.15) is 0 Å². The zero-order chi connectivity index (χ0) is 13.9. The van der Waals surface area contributed by atoms with Gasteiger partial charge in [0.2, 0.25) is 0 Å². The number of sulfonamides is 1. The Labute approximate surface area is 117 Å². The van der Waals surface area contributed by atoms with Crippen molar-refractivity contribution < 1.29 is 13.2 Å². The minimum atomic E-state index is -3.45. The lowest BCUT2D eigenvalue weighted by molar-refractivity contribution is 0.196. The smallest absolute Gasteiger partial charge is 0.263 e. The molecule has 1 aliphatic rings. The molecule has 5 nitrogen and oxygen atoms in total. The number of methoxy groups -OCH3 is 1. The van der Waals surface area contributed by atoms with Crippen LogP contribution in [0.5, 0.6) is 0 Å². The second-order valence-corrected chi connectivity index (χ2v) is 6.44. The summed E-state index contributed by atoms with van der Waals surface area (Å²) in [6.45, 7) is 0.901. The summed E-state index contributed by atoms with van der Waals surface area (Å²) in [5, 5.41) is -0.123. The average molecular weight is 303 g/mol.